The molecule has 0 unspecified atom stereocenters. The minimum atomic E-state index is -1.19. The quantitative estimate of drug-likeness (QED) is 0.123. The van der Waals surface area contributed by atoms with Gasteiger partial charge in [0.2, 0.25) is 0 Å². The number of hydrogen-bond acceptors (Lipinski definition) is 0. The maximum Gasteiger partial charge on any atom is 2.00 e. The summed E-state index contributed by atoms with van der Waals surface area (Å²) in [5.74, 6) is 0. The molecule has 0 aliphatic rings. The van der Waals surface area contributed by atoms with Crippen molar-refractivity contribution in [2.45, 2.75) is 159 Å². The smallest absolute Gasteiger partial charge is 0.378 e. The molecular weight excluding hydrogens is 797 g/mol. The average Bonchev–Trinajstić information content (AvgIpc) is 2.60. The van der Waals surface area contributed by atoms with E-state index in [2.05, 4.69) is 194 Å². The van der Waals surface area contributed by atoms with Gasteiger partial charge in [0.25, 0.3) is 0 Å². The first-order valence-corrected chi connectivity index (χ1v) is 36.8. The van der Waals surface area contributed by atoms with Crippen LogP contribution in [-0.2, 0) is 58.4 Å². The molecule has 0 bridgehead atoms. The Hall–Kier alpha value is 1.61. The second-order valence-corrected chi connectivity index (χ2v) is 46.5. The van der Waals surface area contributed by atoms with Gasteiger partial charge in [-0.2, -0.15) is 0 Å². The normalized spacial score (nSPS) is 14.9. The predicted octanol–water partition coefficient (Wildman–Crippen LogP) is 12.7. The van der Waals surface area contributed by atoms with E-state index in [1.807, 2.05) is 0 Å². The Morgan fingerprint density at radius 3 is 0.333 bits per heavy atom. The van der Waals surface area contributed by atoms with Crippen LogP contribution in [0.1, 0.15) is 41.5 Å². The van der Waals surface area contributed by atoms with Crippen molar-refractivity contribution in [1.82, 2.24) is 0 Å². The van der Waals surface area contributed by atoms with Crippen molar-refractivity contribution in [2.75, 3.05) is 0 Å². The van der Waals surface area contributed by atoms with E-state index < -0.39 is 48.4 Å². The summed E-state index contributed by atoms with van der Waals surface area (Å²) >= 11 is 0. The van der Waals surface area contributed by atoms with Crippen molar-refractivity contribution in [1.29, 1.82) is 0 Å². The van der Waals surface area contributed by atoms with Crippen molar-refractivity contribution in [3.63, 3.8) is 0 Å². The number of hydrogen-bond donors (Lipinski definition) is 0. The van der Waals surface area contributed by atoms with Crippen LogP contribution < -0.4 is 0 Å². The molecule has 246 valence electrons. The fourth-order valence-electron chi connectivity index (χ4n) is 3.94. The van der Waals surface area contributed by atoms with Gasteiger partial charge >= 0.3 is 58.4 Å². The fourth-order valence-corrected chi connectivity index (χ4v) is 11.8. The molecule has 0 rings (SSSR count). The van der Waals surface area contributed by atoms with Crippen LogP contribution in [0.4, 0.5) is 0 Å². The third-order valence-electron chi connectivity index (χ3n) is 5.06. The summed E-state index contributed by atoms with van der Waals surface area (Å²) in [6.07, 6.45) is 0. The second-order valence-electron chi connectivity index (χ2n) is 18.0. The van der Waals surface area contributed by atoms with Gasteiger partial charge in [0.05, 0.1) is 0 Å². The largest absolute Gasteiger partial charge is 2.00 e. The zero-order valence-electron chi connectivity index (χ0n) is 35.1. The minimum Gasteiger partial charge on any atom is -0.378 e. The molecule has 0 atom stereocenters. The van der Waals surface area contributed by atoms with Gasteiger partial charge in [0.1, 0.15) is 0 Å². The van der Waals surface area contributed by atoms with Gasteiger partial charge in [-0.25, -0.2) is 0 Å². The maximum absolute atomic E-state index is 3.62. The van der Waals surface area contributed by atoms with Crippen LogP contribution in [0.25, 0.3) is 0 Å². The Kier molecular flexibility index (Phi) is 31.2. The van der Waals surface area contributed by atoms with Crippen LogP contribution in [0.5, 0.6) is 0 Å². The molecule has 0 aliphatic carbocycles. The van der Waals surface area contributed by atoms with Gasteiger partial charge < -0.3 is 67.6 Å². The maximum atomic E-state index is 3.62. The molecule has 0 saturated carbocycles. The number of allylic oxidation sites excluding steroid dienone is 6. The summed E-state index contributed by atoms with van der Waals surface area (Å²) in [5, 5.41) is 0. The molecular formula is C36H72Si6Zn3. The number of rotatable bonds is 9. The standard InChI is InChI=1S/3C12H24Si2.3Zn/c3*1-11(9-13(3,4)5)12(2)10-14(6,7)8;;;/h3*1-8H3;;;/q3*-2;3*+2. The molecule has 0 aromatic heterocycles. The van der Waals surface area contributed by atoms with E-state index in [9.17, 15) is 0 Å². The monoisotopic (exact) mass is 864 g/mol. The van der Waals surface area contributed by atoms with Crippen molar-refractivity contribution in [3.8, 4) is 0 Å². The van der Waals surface area contributed by atoms with Crippen LogP contribution in [0, 0.1) is 34.2 Å². The van der Waals surface area contributed by atoms with Crippen LogP contribution in [0.15, 0.2) is 33.4 Å². The molecule has 0 N–H and O–H groups in total. The molecule has 9 heteroatoms. The minimum absolute atomic E-state index is 0. The van der Waals surface area contributed by atoms with Crippen LogP contribution in [-0.4, -0.2) is 48.4 Å². The molecule has 0 fully saturated rings. The molecule has 0 aromatic rings. The van der Waals surface area contributed by atoms with E-state index in [0.717, 1.165) is 0 Å². The first-order chi connectivity index (χ1) is 18.0. The van der Waals surface area contributed by atoms with E-state index in [-0.39, 0.29) is 58.4 Å². The summed E-state index contributed by atoms with van der Waals surface area (Å²) in [5.41, 5.74) is 29.6. The molecule has 0 saturated heterocycles. The topological polar surface area (TPSA) is 0 Å². The molecule has 45 heavy (non-hydrogen) atoms. The first-order valence-electron chi connectivity index (χ1n) is 15.8. The van der Waals surface area contributed by atoms with Gasteiger partial charge in [0, 0.05) is 0 Å². The molecule has 0 heterocycles. The fraction of sp³-hybridized carbons (Fsp3) is 0.667. The van der Waals surface area contributed by atoms with E-state index in [1.54, 1.807) is 0 Å². The summed E-state index contributed by atoms with van der Waals surface area (Å²) in [7, 11) is -7.15. The van der Waals surface area contributed by atoms with Gasteiger partial charge in [-0.1, -0.05) is 118 Å². The average molecular weight is 870 g/mol. The van der Waals surface area contributed by atoms with Crippen LogP contribution in [0.3, 0.4) is 0 Å². The van der Waals surface area contributed by atoms with Crippen molar-refractivity contribution < 1.29 is 58.4 Å². The third kappa shape index (κ3) is 45.6. The Balaban J connectivity index is -0.000000123. The van der Waals surface area contributed by atoms with Gasteiger partial charge in [-0.15, -0.1) is 41.5 Å². The Morgan fingerprint density at radius 1 is 0.222 bits per heavy atom. The van der Waals surface area contributed by atoms with E-state index in [0.29, 0.717) is 0 Å². The summed E-state index contributed by atoms with van der Waals surface area (Å²) in [6.45, 7) is 54.7. The Morgan fingerprint density at radius 2 is 0.289 bits per heavy atom. The molecule has 0 nitrogen and oxygen atoms in total. The molecule has 0 spiro atoms. The summed E-state index contributed by atoms with van der Waals surface area (Å²) < 4.78 is 0. The predicted molar refractivity (Wildman–Crippen MR) is 215 cm³/mol. The molecule has 0 aromatic carbocycles. The summed E-state index contributed by atoms with van der Waals surface area (Å²) in [4.78, 5) is 0. The molecule has 0 radical (unpaired) electrons. The Labute approximate surface area is 330 Å². The Bertz CT molecular complexity index is 804. The van der Waals surface area contributed by atoms with Crippen molar-refractivity contribution >= 4 is 48.4 Å². The van der Waals surface area contributed by atoms with Gasteiger partial charge in [0.15, 0.2) is 0 Å². The third-order valence-corrected chi connectivity index (χ3v) is 11.8. The molecule has 0 amide bonds. The van der Waals surface area contributed by atoms with Crippen LogP contribution in [0.2, 0.25) is 118 Å². The second kappa shape index (κ2) is 23.9. The van der Waals surface area contributed by atoms with Crippen molar-refractivity contribution in [2.24, 2.45) is 0 Å². The first kappa shape index (κ1) is 58.8. The van der Waals surface area contributed by atoms with E-state index in [1.165, 1.54) is 33.4 Å². The van der Waals surface area contributed by atoms with Crippen molar-refractivity contribution in [3.05, 3.63) is 67.6 Å². The van der Waals surface area contributed by atoms with Gasteiger partial charge in [-0.05, 0) is 48.4 Å². The van der Waals surface area contributed by atoms with Gasteiger partial charge in [-0.3, -0.25) is 0 Å². The SMILES string of the molecule is CC(=[C-][Si](C)(C)C)C(C)=[C-][Si](C)(C)C.CC(=[C-][Si](C)(C)C)C(C)=[C-][Si](C)(C)C.CC(=[C-][Si](C)(C)C)C(C)=[C-][Si](C)(C)C.[Zn+2].[Zn+2].[Zn+2]. The van der Waals surface area contributed by atoms with E-state index in [4.69, 9.17) is 0 Å². The van der Waals surface area contributed by atoms with Crippen LogP contribution >= 0.6 is 0 Å². The van der Waals surface area contributed by atoms with E-state index >= 15 is 0 Å². The molecule has 0 aliphatic heterocycles. The zero-order chi connectivity index (χ0) is 34.7. The zero-order valence-corrected chi connectivity index (χ0v) is 50.0. The summed E-state index contributed by atoms with van der Waals surface area (Å²) in [6, 6.07) is 0.